The van der Waals surface area contributed by atoms with Crippen LogP contribution in [0.25, 0.3) is 22.2 Å². The Bertz CT molecular complexity index is 1070. The molecule has 0 spiro atoms. The van der Waals surface area contributed by atoms with Crippen molar-refractivity contribution in [1.29, 1.82) is 0 Å². The van der Waals surface area contributed by atoms with Gasteiger partial charge in [0, 0.05) is 11.1 Å². The van der Waals surface area contributed by atoms with Crippen molar-refractivity contribution in [1.82, 2.24) is 9.97 Å². The number of H-pyrrole nitrogens is 1. The number of fused-ring (bicyclic) bond motifs is 1. The van der Waals surface area contributed by atoms with Crippen LogP contribution in [-0.4, -0.2) is 30.0 Å². The van der Waals surface area contributed by atoms with Gasteiger partial charge in [-0.2, -0.15) is 0 Å². The number of ether oxygens (including phenoxy) is 1. The SMILES string of the molecule is CC(C)(C)OC(=O)c1cc2nc(Cl)cc(-c3ccccc3[SH](=O)=O)c2[nH]1. The molecule has 8 heteroatoms. The third-order valence-electron chi connectivity index (χ3n) is 3.57. The van der Waals surface area contributed by atoms with E-state index in [0.717, 1.165) is 0 Å². The molecule has 6 nitrogen and oxygen atoms in total. The Balaban J connectivity index is 2.20. The van der Waals surface area contributed by atoms with Gasteiger partial charge >= 0.3 is 5.97 Å². The van der Waals surface area contributed by atoms with Gasteiger partial charge in [-0.1, -0.05) is 29.8 Å². The van der Waals surface area contributed by atoms with Gasteiger partial charge in [0.25, 0.3) is 0 Å². The molecule has 0 aliphatic rings. The summed E-state index contributed by atoms with van der Waals surface area (Å²) in [6.45, 7) is 5.32. The highest BCUT2D eigenvalue weighted by molar-refractivity contribution is 7.72. The largest absolute Gasteiger partial charge is 0.455 e. The Labute approximate surface area is 157 Å². The minimum atomic E-state index is -2.80. The number of thiol groups is 1. The van der Waals surface area contributed by atoms with Crippen molar-refractivity contribution < 1.29 is 17.9 Å². The van der Waals surface area contributed by atoms with E-state index in [1.165, 1.54) is 6.07 Å². The second-order valence-electron chi connectivity index (χ2n) is 6.71. The quantitative estimate of drug-likeness (QED) is 0.402. The summed E-state index contributed by atoms with van der Waals surface area (Å²) in [4.78, 5) is 19.7. The highest BCUT2D eigenvalue weighted by Gasteiger charge is 2.21. The van der Waals surface area contributed by atoms with Crippen molar-refractivity contribution in [2.24, 2.45) is 0 Å². The Morgan fingerprint density at radius 1 is 1.15 bits per heavy atom. The van der Waals surface area contributed by atoms with Gasteiger partial charge in [-0.25, -0.2) is 18.2 Å². The number of nitrogens with one attached hydrogen (secondary N) is 1. The number of hydrogen-bond donors (Lipinski definition) is 2. The summed E-state index contributed by atoms with van der Waals surface area (Å²) >= 11 is 6.11. The molecule has 0 saturated carbocycles. The average Bonchev–Trinajstić information content (AvgIpc) is 2.96. The molecule has 0 saturated heterocycles. The summed E-state index contributed by atoms with van der Waals surface area (Å²) < 4.78 is 28.5. The third-order valence-corrected chi connectivity index (χ3v) is 4.54. The van der Waals surface area contributed by atoms with Crippen LogP contribution in [0.4, 0.5) is 0 Å². The first kappa shape index (κ1) is 18.4. The van der Waals surface area contributed by atoms with E-state index in [1.54, 1.807) is 51.1 Å². The fourth-order valence-electron chi connectivity index (χ4n) is 2.59. The Hall–Kier alpha value is -2.38. The maximum absolute atomic E-state index is 12.3. The van der Waals surface area contributed by atoms with E-state index in [0.29, 0.717) is 22.2 Å². The smallest absolute Gasteiger partial charge is 0.355 e. The molecule has 0 fully saturated rings. The van der Waals surface area contributed by atoms with Crippen LogP contribution in [0.3, 0.4) is 0 Å². The van der Waals surface area contributed by atoms with Crippen LogP contribution in [0, 0.1) is 0 Å². The van der Waals surface area contributed by atoms with Crippen LogP contribution in [0.1, 0.15) is 31.3 Å². The molecule has 0 unspecified atom stereocenters. The average molecular weight is 393 g/mol. The summed E-state index contributed by atoms with van der Waals surface area (Å²) in [5.74, 6) is -0.527. The maximum atomic E-state index is 12.3. The predicted octanol–water partition coefficient (Wildman–Crippen LogP) is 3.81. The molecule has 2 heterocycles. The molecule has 136 valence electrons. The number of esters is 1. The van der Waals surface area contributed by atoms with Gasteiger partial charge in [-0.05, 0) is 39.0 Å². The van der Waals surface area contributed by atoms with Gasteiger partial charge in [0.2, 0.25) is 0 Å². The lowest BCUT2D eigenvalue weighted by Gasteiger charge is -2.18. The number of halogens is 1. The van der Waals surface area contributed by atoms with Crippen molar-refractivity contribution >= 4 is 39.3 Å². The van der Waals surface area contributed by atoms with Crippen LogP contribution in [-0.2, 0) is 15.4 Å². The molecule has 0 bridgehead atoms. The number of carbonyl (C=O) groups is 1. The molecule has 1 aromatic carbocycles. The molecular formula is C18H17ClN2O4S. The van der Waals surface area contributed by atoms with E-state index in [9.17, 15) is 13.2 Å². The van der Waals surface area contributed by atoms with Crippen LogP contribution >= 0.6 is 11.6 Å². The zero-order valence-electron chi connectivity index (χ0n) is 14.4. The molecule has 26 heavy (non-hydrogen) atoms. The van der Waals surface area contributed by atoms with E-state index in [-0.39, 0.29) is 15.7 Å². The molecule has 0 atom stereocenters. The number of carbonyl (C=O) groups excluding carboxylic acids is 1. The molecule has 0 aliphatic heterocycles. The van der Waals surface area contributed by atoms with Crippen molar-refractivity contribution in [3.8, 4) is 11.1 Å². The van der Waals surface area contributed by atoms with E-state index < -0.39 is 22.3 Å². The first-order chi connectivity index (χ1) is 12.2. The van der Waals surface area contributed by atoms with Crippen molar-refractivity contribution in [3.05, 3.63) is 47.2 Å². The van der Waals surface area contributed by atoms with Crippen molar-refractivity contribution in [2.45, 2.75) is 31.3 Å². The molecule has 2 aromatic heterocycles. The first-order valence-electron chi connectivity index (χ1n) is 7.82. The zero-order chi connectivity index (χ0) is 19.1. The third kappa shape index (κ3) is 3.73. The van der Waals surface area contributed by atoms with E-state index >= 15 is 0 Å². The summed E-state index contributed by atoms with van der Waals surface area (Å²) in [6.07, 6.45) is 0. The molecule has 3 aromatic rings. The van der Waals surface area contributed by atoms with Crippen LogP contribution in [0.5, 0.6) is 0 Å². The predicted molar refractivity (Wildman–Crippen MR) is 100 cm³/mol. The number of pyridine rings is 1. The van der Waals surface area contributed by atoms with Crippen molar-refractivity contribution in [2.75, 3.05) is 0 Å². The number of aromatic amines is 1. The normalized spacial score (nSPS) is 11.9. The second-order valence-corrected chi connectivity index (χ2v) is 8.10. The van der Waals surface area contributed by atoms with Gasteiger partial charge in [0.15, 0.2) is 10.7 Å². The van der Waals surface area contributed by atoms with Crippen LogP contribution in [0.15, 0.2) is 41.3 Å². The monoisotopic (exact) mass is 392 g/mol. The summed E-state index contributed by atoms with van der Waals surface area (Å²) in [7, 11) is -2.80. The number of benzene rings is 1. The Kier molecular flexibility index (Phi) is 4.77. The first-order valence-corrected chi connectivity index (χ1v) is 9.37. The highest BCUT2D eigenvalue weighted by atomic mass is 35.5. The lowest BCUT2D eigenvalue weighted by atomic mass is 10.1. The zero-order valence-corrected chi connectivity index (χ0v) is 16.0. The van der Waals surface area contributed by atoms with Crippen LogP contribution in [0.2, 0.25) is 5.15 Å². The second kappa shape index (κ2) is 6.74. The Morgan fingerprint density at radius 3 is 2.50 bits per heavy atom. The molecule has 0 aliphatic carbocycles. The van der Waals surface area contributed by atoms with E-state index in [4.69, 9.17) is 16.3 Å². The summed E-state index contributed by atoms with van der Waals surface area (Å²) in [5.41, 5.74) is 1.56. The standard InChI is InChI=1S/C18H17ClN2O4S/c1-18(2,3)25-17(22)13-9-12-16(21-13)11(8-15(19)20-12)10-6-4-5-7-14(10)26(23)24/h4-9,21,26H,1-3H3. The van der Waals surface area contributed by atoms with Gasteiger partial charge < -0.3 is 9.72 Å². The summed E-state index contributed by atoms with van der Waals surface area (Å²) in [6, 6.07) is 9.67. The van der Waals surface area contributed by atoms with E-state index in [2.05, 4.69) is 9.97 Å². The highest BCUT2D eigenvalue weighted by Crippen LogP contribution is 2.33. The number of nitrogens with zero attached hydrogens (tertiary/aromatic N) is 1. The minimum Gasteiger partial charge on any atom is -0.455 e. The summed E-state index contributed by atoms with van der Waals surface area (Å²) in [5, 5.41) is 0.193. The lowest BCUT2D eigenvalue weighted by Crippen LogP contribution is -2.24. The van der Waals surface area contributed by atoms with Gasteiger partial charge in [-0.15, -0.1) is 0 Å². The molecule has 3 rings (SSSR count). The molecule has 1 N–H and O–H groups in total. The van der Waals surface area contributed by atoms with Gasteiger partial charge in [0.1, 0.15) is 16.4 Å². The lowest BCUT2D eigenvalue weighted by molar-refractivity contribution is 0.00638. The fourth-order valence-corrected chi connectivity index (χ4v) is 3.39. The maximum Gasteiger partial charge on any atom is 0.355 e. The molecule has 0 radical (unpaired) electrons. The van der Waals surface area contributed by atoms with Crippen molar-refractivity contribution in [3.63, 3.8) is 0 Å². The van der Waals surface area contributed by atoms with Crippen LogP contribution < -0.4 is 0 Å². The Morgan fingerprint density at radius 2 is 1.85 bits per heavy atom. The van der Waals surface area contributed by atoms with Gasteiger partial charge in [-0.3, -0.25) is 0 Å². The topological polar surface area (TPSA) is 89.1 Å². The number of aromatic nitrogens is 2. The number of rotatable bonds is 3. The fraction of sp³-hybridized carbons (Fsp3) is 0.222. The molecule has 0 amide bonds. The van der Waals surface area contributed by atoms with E-state index in [1.807, 2.05) is 0 Å². The minimum absolute atomic E-state index is 0.166. The van der Waals surface area contributed by atoms with Gasteiger partial charge in [0.05, 0.1) is 15.9 Å². The molecular weight excluding hydrogens is 376 g/mol. The number of hydrogen-bond acceptors (Lipinski definition) is 5.